The molecule has 0 fully saturated rings. The molecule has 0 aliphatic rings. The molecular weight excluding hydrogens is 280 g/mol. The highest BCUT2D eigenvalue weighted by Crippen LogP contribution is 2.21. The summed E-state index contributed by atoms with van der Waals surface area (Å²) in [6, 6.07) is 12.6. The fraction of sp³-hybridized carbons (Fsp3) is 0.412. The Morgan fingerprint density at radius 2 is 1.29 bits per heavy atom. The zero-order valence-corrected chi connectivity index (χ0v) is 14.3. The third kappa shape index (κ3) is 3.19. The fourth-order valence-electron chi connectivity index (χ4n) is 2.65. The van der Waals surface area contributed by atoms with Gasteiger partial charge in [0.1, 0.15) is 0 Å². The average molecular weight is 304 g/mol. The number of benzene rings is 2. The molecule has 2 rings (SSSR count). The van der Waals surface area contributed by atoms with E-state index < -0.39 is 8.80 Å². The smallest absolute Gasteiger partial charge is 0.370 e. The molecule has 0 aliphatic carbocycles. The molecule has 0 bridgehead atoms. The minimum atomic E-state index is -2.86. The number of aryl methyl sites for hydroxylation is 1. The molecule has 0 radical (unpaired) electrons. The molecule has 21 heavy (non-hydrogen) atoms. The van der Waals surface area contributed by atoms with Gasteiger partial charge in [0.05, 0.1) is 0 Å². The quantitative estimate of drug-likeness (QED) is 0.734. The maximum absolute atomic E-state index is 6.04. The maximum Gasteiger partial charge on any atom is 0.537 e. The number of hydrogen-bond donors (Lipinski definition) is 0. The van der Waals surface area contributed by atoms with Gasteiger partial charge in [-0.2, -0.15) is 0 Å². The standard InChI is InChI=1S/C17H24O3Si/c1-5-18-21(19-6-2,20-7-3)17-13-12-14(4)15-10-8-9-11-16(15)17/h8-13H,5-7H2,1-4H3. The SMILES string of the molecule is CCO[Si](OCC)(OCC)c1ccc(C)c2ccccc12. The van der Waals surface area contributed by atoms with E-state index >= 15 is 0 Å². The Morgan fingerprint density at radius 3 is 1.81 bits per heavy atom. The van der Waals surface area contributed by atoms with Gasteiger partial charge < -0.3 is 13.3 Å². The van der Waals surface area contributed by atoms with Crippen molar-refractivity contribution < 1.29 is 13.3 Å². The monoisotopic (exact) mass is 304 g/mol. The van der Waals surface area contributed by atoms with E-state index in [1.54, 1.807) is 0 Å². The minimum absolute atomic E-state index is 0.578. The Balaban J connectivity index is 2.66. The van der Waals surface area contributed by atoms with Gasteiger partial charge in [-0.3, -0.25) is 0 Å². The van der Waals surface area contributed by atoms with Crippen LogP contribution in [0.15, 0.2) is 36.4 Å². The second-order valence-electron chi connectivity index (χ2n) is 4.83. The fourth-order valence-corrected chi connectivity index (χ4v) is 5.34. The van der Waals surface area contributed by atoms with Crippen LogP contribution in [0.5, 0.6) is 0 Å². The summed E-state index contributed by atoms with van der Waals surface area (Å²) in [5.41, 5.74) is 1.25. The van der Waals surface area contributed by atoms with E-state index in [0.29, 0.717) is 19.8 Å². The molecule has 0 aliphatic heterocycles. The highest BCUT2D eigenvalue weighted by atomic mass is 28.4. The van der Waals surface area contributed by atoms with Gasteiger partial charge >= 0.3 is 8.80 Å². The number of fused-ring (bicyclic) bond motifs is 1. The van der Waals surface area contributed by atoms with E-state index in [-0.39, 0.29) is 0 Å². The predicted octanol–water partition coefficient (Wildman–Crippen LogP) is 3.40. The van der Waals surface area contributed by atoms with E-state index in [2.05, 4.69) is 37.3 Å². The largest absolute Gasteiger partial charge is 0.537 e. The first kappa shape index (κ1) is 16.2. The third-order valence-corrected chi connectivity index (χ3v) is 6.58. The summed E-state index contributed by atoms with van der Waals surface area (Å²) in [6.07, 6.45) is 0. The Labute approximate surface area is 128 Å². The Bertz CT molecular complexity index is 581. The molecule has 0 spiro atoms. The zero-order valence-electron chi connectivity index (χ0n) is 13.3. The van der Waals surface area contributed by atoms with Crippen LogP contribution >= 0.6 is 0 Å². The summed E-state index contributed by atoms with van der Waals surface area (Å²) >= 11 is 0. The second-order valence-corrected chi connectivity index (χ2v) is 7.35. The normalized spacial score (nSPS) is 12.0. The first-order chi connectivity index (χ1) is 10.2. The Kier molecular flexibility index (Phi) is 5.53. The topological polar surface area (TPSA) is 27.7 Å². The predicted molar refractivity (Wildman–Crippen MR) is 89.0 cm³/mol. The van der Waals surface area contributed by atoms with Crippen LogP contribution in [0, 0.1) is 6.92 Å². The molecule has 3 nitrogen and oxygen atoms in total. The third-order valence-electron chi connectivity index (χ3n) is 3.48. The van der Waals surface area contributed by atoms with Crippen LogP contribution in [0.25, 0.3) is 10.8 Å². The number of rotatable bonds is 7. The minimum Gasteiger partial charge on any atom is -0.370 e. The van der Waals surface area contributed by atoms with E-state index in [9.17, 15) is 0 Å². The van der Waals surface area contributed by atoms with E-state index in [1.807, 2.05) is 26.8 Å². The van der Waals surface area contributed by atoms with Gasteiger partial charge in [-0.15, -0.1) is 0 Å². The van der Waals surface area contributed by atoms with Gasteiger partial charge in [-0.05, 0) is 44.0 Å². The van der Waals surface area contributed by atoms with Crippen molar-refractivity contribution in [2.75, 3.05) is 19.8 Å². The molecule has 2 aromatic carbocycles. The molecule has 0 heterocycles. The molecule has 114 valence electrons. The molecule has 0 amide bonds. The van der Waals surface area contributed by atoms with Crippen molar-refractivity contribution >= 4 is 24.8 Å². The van der Waals surface area contributed by atoms with Crippen LogP contribution in [-0.4, -0.2) is 28.6 Å². The summed E-state index contributed by atoms with van der Waals surface area (Å²) < 4.78 is 18.1. The van der Waals surface area contributed by atoms with Gasteiger partial charge in [-0.25, -0.2) is 0 Å². The van der Waals surface area contributed by atoms with Gasteiger partial charge in [0.25, 0.3) is 0 Å². The summed E-state index contributed by atoms with van der Waals surface area (Å²) in [6.45, 7) is 9.80. The average Bonchev–Trinajstić information content (AvgIpc) is 2.48. The van der Waals surface area contributed by atoms with E-state index in [4.69, 9.17) is 13.3 Å². The summed E-state index contributed by atoms with van der Waals surface area (Å²) in [5, 5.41) is 3.46. The lowest BCUT2D eigenvalue weighted by atomic mass is 10.1. The molecule has 4 heteroatoms. The lowest BCUT2D eigenvalue weighted by Gasteiger charge is -2.29. The summed E-state index contributed by atoms with van der Waals surface area (Å²) in [4.78, 5) is 0. The molecule has 0 saturated carbocycles. The second kappa shape index (κ2) is 7.18. The number of hydrogen-bond acceptors (Lipinski definition) is 3. The lowest BCUT2D eigenvalue weighted by molar-refractivity contribution is 0.0862. The van der Waals surface area contributed by atoms with Crippen molar-refractivity contribution in [2.45, 2.75) is 27.7 Å². The molecular formula is C17H24O3Si. The van der Waals surface area contributed by atoms with E-state index in [1.165, 1.54) is 16.3 Å². The van der Waals surface area contributed by atoms with Crippen molar-refractivity contribution in [3.63, 3.8) is 0 Å². The van der Waals surface area contributed by atoms with Crippen LogP contribution < -0.4 is 5.19 Å². The van der Waals surface area contributed by atoms with E-state index in [0.717, 1.165) is 5.19 Å². The van der Waals surface area contributed by atoms with Gasteiger partial charge in [0, 0.05) is 25.0 Å². The molecule has 0 aromatic heterocycles. The zero-order chi connectivity index (χ0) is 15.3. The van der Waals surface area contributed by atoms with Gasteiger partial charge in [0.15, 0.2) is 0 Å². The van der Waals surface area contributed by atoms with Crippen molar-refractivity contribution in [1.29, 1.82) is 0 Å². The van der Waals surface area contributed by atoms with Crippen LogP contribution in [-0.2, 0) is 13.3 Å². The van der Waals surface area contributed by atoms with Crippen LogP contribution in [0.2, 0.25) is 0 Å². The molecule has 0 atom stereocenters. The summed E-state index contributed by atoms with van der Waals surface area (Å²) in [5.74, 6) is 0. The first-order valence-electron chi connectivity index (χ1n) is 7.59. The molecule has 2 aromatic rings. The Morgan fingerprint density at radius 1 is 0.762 bits per heavy atom. The highest BCUT2D eigenvalue weighted by Gasteiger charge is 2.44. The molecule has 0 N–H and O–H groups in total. The Hall–Kier alpha value is -1.20. The molecule has 0 unspecified atom stereocenters. The summed E-state index contributed by atoms with van der Waals surface area (Å²) in [7, 11) is -2.86. The lowest BCUT2D eigenvalue weighted by Crippen LogP contribution is -2.57. The molecule has 0 saturated heterocycles. The van der Waals surface area contributed by atoms with Crippen LogP contribution in [0.4, 0.5) is 0 Å². The maximum atomic E-state index is 6.04. The van der Waals surface area contributed by atoms with Gasteiger partial charge in [-0.1, -0.05) is 36.4 Å². The van der Waals surface area contributed by atoms with Gasteiger partial charge in [0.2, 0.25) is 0 Å². The highest BCUT2D eigenvalue weighted by molar-refractivity contribution is 6.77. The van der Waals surface area contributed by atoms with Crippen LogP contribution in [0.3, 0.4) is 0 Å². The van der Waals surface area contributed by atoms with Crippen molar-refractivity contribution in [1.82, 2.24) is 0 Å². The van der Waals surface area contributed by atoms with Crippen molar-refractivity contribution in [3.05, 3.63) is 42.0 Å². The van der Waals surface area contributed by atoms with Crippen LogP contribution in [0.1, 0.15) is 26.3 Å². The van der Waals surface area contributed by atoms with Crippen molar-refractivity contribution in [2.24, 2.45) is 0 Å². The first-order valence-corrected chi connectivity index (χ1v) is 9.31. The van der Waals surface area contributed by atoms with Crippen molar-refractivity contribution in [3.8, 4) is 0 Å².